The van der Waals surface area contributed by atoms with Gasteiger partial charge >= 0.3 is 5.97 Å². The van der Waals surface area contributed by atoms with E-state index in [1.807, 2.05) is 24.3 Å². The average Bonchev–Trinajstić information content (AvgIpc) is 3.22. The molecular weight excluding hydrogens is 419 g/mol. The second-order valence-corrected chi connectivity index (χ2v) is 7.89. The topological polar surface area (TPSA) is 68.6 Å². The third kappa shape index (κ3) is 4.25. The molecule has 31 heavy (non-hydrogen) atoms. The summed E-state index contributed by atoms with van der Waals surface area (Å²) >= 11 is 0.817. The number of imide groups is 1. The molecule has 0 unspecified atom stereocenters. The molecule has 3 aromatic rings. The molecule has 8 heteroatoms. The van der Waals surface area contributed by atoms with Crippen LogP contribution >= 0.6 is 11.8 Å². The van der Waals surface area contributed by atoms with Crippen molar-refractivity contribution in [3.8, 4) is 0 Å². The number of hydrogen-bond acceptors (Lipinski definition) is 5. The fraction of sp³-hybridized carbons (Fsp3) is 0.174. The predicted molar refractivity (Wildman–Crippen MR) is 116 cm³/mol. The van der Waals surface area contributed by atoms with Gasteiger partial charge in [0.15, 0.2) is 0 Å². The van der Waals surface area contributed by atoms with Gasteiger partial charge in [0.25, 0.3) is 11.1 Å². The number of hydrogen-bond donors (Lipinski definition) is 0. The first-order valence-corrected chi connectivity index (χ1v) is 10.5. The number of nitrogens with zero attached hydrogens (tertiary/aromatic N) is 2. The van der Waals surface area contributed by atoms with Gasteiger partial charge in [-0.05, 0) is 36.9 Å². The van der Waals surface area contributed by atoms with Gasteiger partial charge in [0, 0.05) is 28.2 Å². The van der Waals surface area contributed by atoms with Crippen molar-refractivity contribution >= 4 is 45.9 Å². The van der Waals surface area contributed by atoms with Crippen LogP contribution in [0.5, 0.6) is 0 Å². The standard InChI is InChI=1S/C23H19FN2O4S/c1-2-30-21(27)14-25-12-16(17-8-4-6-10-19(17)25)11-20-22(28)26(23(29)31-20)13-15-7-3-5-9-18(15)24/h3-12H,2,13-14H2,1H3/b20-11-. The Balaban J connectivity index is 1.64. The number of thioether (sulfide) groups is 1. The van der Waals surface area contributed by atoms with Crippen molar-refractivity contribution in [2.45, 2.75) is 20.0 Å². The van der Waals surface area contributed by atoms with E-state index in [1.165, 1.54) is 6.07 Å². The molecule has 2 aromatic carbocycles. The number of carbonyl (C=O) groups is 3. The maximum atomic E-state index is 14.0. The summed E-state index contributed by atoms with van der Waals surface area (Å²) in [5, 5.41) is 0.391. The molecule has 1 aliphatic heterocycles. The molecule has 1 aromatic heterocycles. The van der Waals surface area contributed by atoms with Crippen molar-refractivity contribution in [1.82, 2.24) is 9.47 Å². The monoisotopic (exact) mass is 438 g/mol. The Morgan fingerprint density at radius 2 is 1.87 bits per heavy atom. The van der Waals surface area contributed by atoms with E-state index < -0.39 is 17.0 Å². The Kier molecular flexibility index (Phi) is 5.90. The molecule has 0 atom stereocenters. The highest BCUT2D eigenvalue weighted by Crippen LogP contribution is 2.35. The van der Waals surface area contributed by atoms with Crippen molar-refractivity contribution in [3.05, 3.63) is 76.6 Å². The van der Waals surface area contributed by atoms with Crippen LogP contribution in [0, 0.1) is 5.82 Å². The molecule has 1 fully saturated rings. The van der Waals surface area contributed by atoms with Gasteiger partial charge in [-0.25, -0.2) is 4.39 Å². The quantitative estimate of drug-likeness (QED) is 0.416. The van der Waals surface area contributed by atoms with Crippen molar-refractivity contribution in [1.29, 1.82) is 0 Å². The van der Waals surface area contributed by atoms with Crippen molar-refractivity contribution in [3.63, 3.8) is 0 Å². The summed E-state index contributed by atoms with van der Waals surface area (Å²) in [7, 11) is 0. The number of esters is 1. The molecule has 1 aliphatic rings. The van der Waals surface area contributed by atoms with Crippen LogP contribution in [-0.4, -0.2) is 33.2 Å². The first kappa shape index (κ1) is 20.9. The highest BCUT2D eigenvalue weighted by Gasteiger charge is 2.35. The third-order valence-corrected chi connectivity index (χ3v) is 5.78. The number of benzene rings is 2. The van der Waals surface area contributed by atoms with E-state index in [0.717, 1.165) is 27.6 Å². The third-order valence-electron chi connectivity index (χ3n) is 4.87. The molecule has 0 aliphatic carbocycles. The van der Waals surface area contributed by atoms with Crippen LogP contribution in [-0.2, 0) is 27.4 Å². The largest absolute Gasteiger partial charge is 0.465 e. The van der Waals surface area contributed by atoms with Crippen LogP contribution in [0.15, 0.2) is 59.6 Å². The summed E-state index contributed by atoms with van der Waals surface area (Å²) < 4.78 is 20.8. The summed E-state index contributed by atoms with van der Waals surface area (Å²) in [6, 6.07) is 13.5. The number of halogens is 1. The van der Waals surface area contributed by atoms with Gasteiger partial charge in [-0.15, -0.1) is 0 Å². The zero-order valence-electron chi connectivity index (χ0n) is 16.7. The number of amides is 2. The molecule has 0 spiro atoms. The summed E-state index contributed by atoms with van der Waals surface area (Å²) in [6.07, 6.45) is 3.39. The molecule has 158 valence electrons. The van der Waals surface area contributed by atoms with Crippen molar-refractivity contribution < 1.29 is 23.5 Å². The molecule has 1 saturated heterocycles. The van der Waals surface area contributed by atoms with E-state index >= 15 is 0 Å². The first-order valence-electron chi connectivity index (χ1n) is 9.70. The number of rotatable bonds is 6. The van der Waals surface area contributed by atoms with Crippen LogP contribution in [0.1, 0.15) is 18.1 Å². The van der Waals surface area contributed by atoms with Crippen molar-refractivity contribution in [2.24, 2.45) is 0 Å². The summed E-state index contributed by atoms with van der Waals surface area (Å²) in [4.78, 5) is 38.5. The molecule has 2 amide bonds. The van der Waals surface area contributed by atoms with E-state index in [-0.39, 0.29) is 29.5 Å². The fourth-order valence-corrected chi connectivity index (χ4v) is 4.27. The highest BCUT2D eigenvalue weighted by molar-refractivity contribution is 8.18. The van der Waals surface area contributed by atoms with E-state index in [9.17, 15) is 18.8 Å². The second-order valence-electron chi connectivity index (χ2n) is 6.89. The first-order chi connectivity index (χ1) is 15.0. The van der Waals surface area contributed by atoms with Crippen LogP contribution in [0.2, 0.25) is 0 Å². The van der Waals surface area contributed by atoms with E-state index in [2.05, 4.69) is 0 Å². The highest BCUT2D eigenvalue weighted by atomic mass is 32.2. The summed E-state index contributed by atoms with van der Waals surface area (Å²) in [6.45, 7) is 1.95. The van der Waals surface area contributed by atoms with Gasteiger partial charge in [0.2, 0.25) is 0 Å². The molecule has 0 N–H and O–H groups in total. The number of para-hydroxylation sites is 1. The van der Waals surface area contributed by atoms with Gasteiger partial charge < -0.3 is 9.30 Å². The molecule has 0 radical (unpaired) electrons. The van der Waals surface area contributed by atoms with E-state index in [4.69, 9.17) is 4.74 Å². The Morgan fingerprint density at radius 3 is 2.65 bits per heavy atom. The summed E-state index contributed by atoms with van der Waals surface area (Å²) in [5.74, 6) is -1.30. The lowest BCUT2D eigenvalue weighted by atomic mass is 10.1. The van der Waals surface area contributed by atoms with E-state index in [0.29, 0.717) is 12.2 Å². The number of aromatic nitrogens is 1. The molecule has 4 rings (SSSR count). The lowest BCUT2D eigenvalue weighted by Gasteiger charge is -2.12. The molecule has 2 heterocycles. The molecule has 0 saturated carbocycles. The smallest absolute Gasteiger partial charge is 0.325 e. The van der Waals surface area contributed by atoms with Gasteiger partial charge in [0.1, 0.15) is 12.4 Å². The van der Waals surface area contributed by atoms with E-state index in [1.54, 1.807) is 42.0 Å². The zero-order valence-corrected chi connectivity index (χ0v) is 17.5. The lowest BCUT2D eigenvalue weighted by Crippen LogP contribution is -2.27. The number of fused-ring (bicyclic) bond motifs is 1. The minimum absolute atomic E-state index is 0.0386. The van der Waals surface area contributed by atoms with Gasteiger partial charge in [-0.1, -0.05) is 36.4 Å². The van der Waals surface area contributed by atoms with Crippen LogP contribution in [0.3, 0.4) is 0 Å². The molecule has 6 nitrogen and oxygen atoms in total. The van der Waals surface area contributed by atoms with Crippen molar-refractivity contribution in [2.75, 3.05) is 6.61 Å². The normalized spacial score (nSPS) is 15.3. The zero-order chi connectivity index (χ0) is 22.0. The molecule has 0 bridgehead atoms. The molecular formula is C23H19FN2O4S. The van der Waals surface area contributed by atoms with Gasteiger partial charge in [-0.2, -0.15) is 0 Å². The lowest BCUT2D eigenvalue weighted by molar-refractivity contribution is -0.143. The second kappa shape index (κ2) is 8.77. The SMILES string of the molecule is CCOC(=O)Cn1cc(/C=C2\SC(=O)N(Cc3ccccc3F)C2=O)c2ccccc21. The maximum Gasteiger partial charge on any atom is 0.325 e. The Hall–Kier alpha value is -3.39. The Morgan fingerprint density at radius 1 is 1.13 bits per heavy atom. The Bertz CT molecular complexity index is 1220. The Labute approximate surface area is 182 Å². The van der Waals surface area contributed by atoms with Gasteiger partial charge in [-0.3, -0.25) is 19.3 Å². The minimum Gasteiger partial charge on any atom is -0.465 e. The minimum atomic E-state index is -0.472. The fourth-order valence-electron chi connectivity index (χ4n) is 3.44. The number of carbonyl (C=O) groups excluding carboxylic acids is 3. The summed E-state index contributed by atoms with van der Waals surface area (Å²) in [5.41, 5.74) is 1.79. The predicted octanol–water partition coefficient (Wildman–Crippen LogP) is 4.58. The number of ether oxygens (including phenoxy) is 1. The van der Waals surface area contributed by atoms with Crippen LogP contribution < -0.4 is 0 Å². The van der Waals surface area contributed by atoms with Crippen LogP contribution in [0.4, 0.5) is 9.18 Å². The van der Waals surface area contributed by atoms with Crippen LogP contribution in [0.25, 0.3) is 17.0 Å². The van der Waals surface area contributed by atoms with Gasteiger partial charge in [0.05, 0.1) is 18.1 Å². The maximum absolute atomic E-state index is 14.0. The average molecular weight is 438 g/mol.